The Morgan fingerprint density at radius 3 is 2.31 bits per heavy atom. The van der Waals surface area contributed by atoms with Crippen LogP contribution in [0.25, 0.3) is 0 Å². The van der Waals surface area contributed by atoms with E-state index in [1.807, 2.05) is 52.0 Å². The molecule has 1 saturated carbocycles. The third kappa shape index (κ3) is 14.8. The van der Waals surface area contributed by atoms with E-state index in [-0.39, 0.29) is 84.6 Å². The Hall–Kier alpha value is -3.00. The van der Waals surface area contributed by atoms with E-state index in [0.717, 1.165) is 12.0 Å². The Kier molecular flexibility index (Phi) is 20.3. The number of aliphatic hydroxyl groups is 3. The van der Waals surface area contributed by atoms with Crippen molar-refractivity contribution in [3.63, 3.8) is 0 Å². The second-order valence-electron chi connectivity index (χ2n) is 19.4. The summed E-state index contributed by atoms with van der Waals surface area (Å²) in [7, 11) is 3.24. The zero-order valence-corrected chi connectivity index (χ0v) is 39.1. The molecule has 2 saturated heterocycles. The van der Waals surface area contributed by atoms with Gasteiger partial charge in [0.1, 0.15) is 23.7 Å². The second-order valence-corrected chi connectivity index (χ2v) is 19.4. The van der Waals surface area contributed by atoms with Gasteiger partial charge in [0.15, 0.2) is 5.79 Å². The maximum Gasteiger partial charge on any atom is 0.329 e. The van der Waals surface area contributed by atoms with Crippen LogP contribution in [0.1, 0.15) is 138 Å². The third-order valence-corrected chi connectivity index (χ3v) is 14.2. The number of amides is 1. The number of hydrogen-bond donors (Lipinski definition) is 3. The summed E-state index contributed by atoms with van der Waals surface area (Å²) in [6.45, 7) is 13.6. The Morgan fingerprint density at radius 1 is 0.855 bits per heavy atom. The number of ketones is 2. The van der Waals surface area contributed by atoms with E-state index < -0.39 is 42.0 Å². The van der Waals surface area contributed by atoms with E-state index in [9.17, 15) is 34.5 Å². The number of carbonyl (C=O) groups excluding carboxylic acids is 4. The van der Waals surface area contributed by atoms with Gasteiger partial charge in [0, 0.05) is 57.8 Å². The van der Waals surface area contributed by atoms with Crippen molar-refractivity contribution < 1.29 is 53.4 Å². The summed E-state index contributed by atoms with van der Waals surface area (Å²) in [6.07, 6.45) is 14.7. The molecule has 4 rings (SSSR count). The summed E-state index contributed by atoms with van der Waals surface area (Å²) in [6, 6.07) is -0.885. The minimum atomic E-state index is -1.74. The van der Waals surface area contributed by atoms with Gasteiger partial charge in [0.05, 0.1) is 36.9 Å². The van der Waals surface area contributed by atoms with Gasteiger partial charge < -0.3 is 39.2 Å². The Balaban J connectivity index is 1.64. The molecule has 14 atom stereocenters. The van der Waals surface area contributed by atoms with Crippen LogP contribution in [0.3, 0.4) is 0 Å². The van der Waals surface area contributed by atoms with Gasteiger partial charge >= 0.3 is 5.97 Å². The lowest BCUT2D eigenvalue weighted by Crippen LogP contribution is -2.55. The highest BCUT2D eigenvalue weighted by Gasteiger charge is 2.46. The van der Waals surface area contributed by atoms with Gasteiger partial charge in [-0.3, -0.25) is 14.4 Å². The monoisotopic (exact) mass is 870 g/mol. The van der Waals surface area contributed by atoms with Crippen LogP contribution in [0.2, 0.25) is 0 Å². The molecular weight excluding hydrogens is 791 g/mol. The Labute approximate surface area is 371 Å². The number of hydrogen-bond acceptors (Lipinski definition) is 11. The van der Waals surface area contributed by atoms with E-state index in [1.54, 1.807) is 34.1 Å². The first-order valence-electron chi connectivity index (χ1n) is 23.4. The van der Waals surface area contributed by atoms with Crippen LogP contribution >= 0.6 is 0 Å². The molecule has 14 unspecified atom stereocenters. The van der Waals surface area contributed by atoms with E-state index in [2.05, 4.69) is 13.0 Å². The van der Waals surface area contributed by atoms with Crippen molar-refractivity contribution >= 4 is 23.4 Å². The van der Waals surface area contributed by atoms with Crippen LogP contribution < -0.4 is 0 Å². The van der Waals surface area contributed by atoms with Crippen molar-refractivity contribution in [1.82, 2.24) is 4.90 Å². The number of Topliss-reactive ketones (excluding diaryl/α,β-unsaturated/α-hetero) is 2. The van der Waals surface area contributed by atoms with Crippen molar-refractivity contribution in [3.05, 3.63) is 47.6 Å². The number of ether oxygens (including phenoxy) is 4. The zero-order chi connectivity index (χ0) is 45.7. The molecule has 0 radical (unpaired) electrons. The molecule has 0 aromatic carbocycles. The molecule has 12 nitrogen and oxygen atoms in total. The molecule has 0 aromatic rings. The molecule has 3 heterocycles. The van der Waals surface area contributed by atoms with Gasteiger partial charge in [-0.2, -0.15) is 0 Å². The molecule has 2 bridgehead atoms. The Morgan fingerprint density at radius 2 is 1.60 bits per heavy atom. The molecule has 62 heavy (non-hydrogen) atoms. The quantitative estimate of drug-likeness (QED) is 0.186. The van der Waals surface area contributed by atoms with Crippen LogP contribution in [0.15, 0.2) is 47.6 Å². The average molecular weight is 870 g/mol. The van der Waals surface area contributed by atoms with E-state index in [1.165, 1.54) is 4.90 Å². The summed E-state index contributed by atoms with van der Waals surface area (Å²) >= 11 is 0. The number of methoxy groups -OCH3 is 2. The average Bonchev–Trinajstić information content (AvgIpc) is 3.23. The van der Waals surface area contributed by atoms with Gasteiger partial charge in [-0.1, -0.05) is 71.1 Å². The minimum Gasteiger partial charge on any atom is -0.460 e. The van der Waals surface area contributed by atoms with Crippen LogP contribution in [0.5, 0.6) is 0 Å². The van der Waals surface area contributed by atoms with Gasteiger partial charge in [-0.15, -0.1) is 0 Å². The lowest BCUT2D eigenvalue weighted by atomic mass is 9.78. The fourth-order valence-corrected chi connectivity index (χ4v) is 9.87. The fourth-order valence-electron chi connectivity index (χ4n) is 9.87. The van der Waals surface area contributed by atoms with Crippen LogP contribution in [-0.2, 0) is 38.1 Å². The topological polar surface area (TPSA) is 169 Å². The molecule has 12 heteroatoms. The molecule has 3 N–H and O–H groups in total. The number of allylic oxidation sites excluding steroid dienone is 6. The van der Waals surface area contributed by atoms with E-state index in [0.29, 0.717) is 76.3 Å². The lowest BCUT2D eigenvalue weighted by molar-refractivity contribution is -0.284. The van der Waals surface area contributed by atoms with Crippen LogP contribution in [0.4, 0.5) is 0 Å². The summed E-state index contributed by atoms with van der Waals surface area (Å²) in [5.74, 6) is -4.09. The molecular formula is C50H79NO11. The lowest BCUT2D eigenvalue weighted by Gasteiger charge is -2.44. The normalized spacial score (nSPS) is 37.8. The third-order valence-electron chi connectivity index (χ3n) is 14.2. The van der Waals surface area contributed by atoms with Crippen molar-refractivity contribution in [3.8, 4) is 0 Å². The van der Waals surface area contributed by atoms with Crippen molar-refractivity contribution in [2.24, 2.45) is 35.5 Å². The number of nitrogens with zero attached hydrogens (tertiary/aromatic N) is 1. The number of rotatable bonds is 5. The minimum absolute atomic E-state index is 0.0510. The molecule has 350 valence electrons. The second kappa shape index (κ2) is 24.3. The molecule has 0 spiro atoms. The molecule has 1 amide bonds. The molecule has 3 fully saturated rings. The summed E-state index contributed by atoms with van der Waals surface area (Å²) in [5, 5.41) is 33.5. The highest BCUT2D eigenvalue weighted by molar-refractivity contribution is 5.86. The summed E-state index contributed by atoms with van der Waals surface area (Å²) < 4.78 is 24.2. The summed E-state index contributed by atoms with van der Waals surface area (Å²) in [4.78, 5) is 57.3. The standard InChI is InChI=1S/C50H79NO11/c1-31-15-11-10-12-16-32(2)45(59-8)27-39-20-18-37(7)50(58,62-39)30-48(56)51-22-14-13-17-40(51)49(57)61-46(36(6)25-38-19-21-41(52)47(26-38)60-9)29-44(55)35(5)24-34(4)43(54)28-42(53)33(3)23-31/h10-12,15-16,24,31,33,35-41,43,45-47,52,54,58H,13-14,17-23,25-30H2,1-9H3. The van der Waals surface area contributed by atoms with Crippen LogP contribution in [0, 0.1) is 35.5 Å². The van der Waals surface area contributed by atoms with E-state index >= 15 is 0 Å². The number of aliphatic hydroxyl groups excluding tert-OH is 2. The highest BCUT2D eigenvalue weighted by Crippen LogP contribution is 2.39. The molecule has 1 aliphatic carbocycles. The molecule has 3 aliphatic heterocycles. The number of esters is 1. The van der Waals surface area contributed by atoms with Crippen molar-refractivity contribution in [2.45, 2.75) is 187 Å². The first-order chi connectivity index (χ1) is 29.3. The van der Waals surface area contributed by atoms with Gasteiger partial charge in [0.25, 0.3) is 0 Å². The zero-order valence-electron chi connectivity index (χ0n) is 39.1. The van der Waals surface area contributed by atoms with Crippen molar-refractivity contribution in [1.29, 1.82) is 0 Å². The first kappa shape index (κ1) is 51.6. The van der Waals surface area contributed by atoms with E-state index in [4.69, 9.17) is 18.9 Å². The maximum absolute atomic E-state index is 14.3. The smallest absolute Gasteiger partial charge is 0.329 e. The van der Waals surface area contributed by atoms with Gasteiger partial charge in [0.2, 0.25) is 5.91 Å². The van der Waals surface area contributed by atoms with Crippen molar-refractivity contribution in [2.75, 3.05) is 20.8 Å². The molecule has 0 aromatic heterocycles. The Bertz CT molecular complexity index is 1620. The van der Waals surface area contributed by atoms with Crippen LogP contribution in [-0.4, -0.2) is 113 Å². The summed E-state index contributed by atoms with van der Waals surface area (Å²) in [5.41, 5.74) is 1.51. The first-order valence-corrected chi connectivity index (χ1v) is 23.4. The number of fused-ring (bicyclic) bond motifs is 3. The highest BCUT2D eigenvalue weighted by atomic mass is 16.6. The number of cyclic esters (lactones) is 1. The molecule has 4 aliphatic rings. The number of carbonyl (C=O) groups is 4. The SMILES string of the molecule is COC1CC2CCC(C)C(O)(CC(=O)N3CCCCC3C(=O)OC(C(C)CC3CCC(O)C(OC)C3)CC(=O)C(C)C=C(C)C(O)CC(=O)C(C)CC(C)C=CC=CC=C1C)O2. The fraction of sp³-hybridized carbons (Fsp3) is 0.760. The predicted molar refractivity (Wildman–Crippen MR) is 239 cm³/mol. The van der Waals surface area contributed by atoms with Gasteiger partial charge in [-0.25, -0.2) is 4.79 Å². The maximum atomic E-state index is 14.3. The predicted octanol–water partition coefficient (Wildman–Crippen LogP) is 7.38. The van der Waals surface area contributed by atoms with Gasteiger partial charge in [-0.05, 0) is 107 Å². The largest absolute Gasteiger partial charge is 0.460 e. The number of piperidine rings is 1.